The number of carbonyl (C=O) groups excluding carboxylic acids is 2. The third-order valence-electron chi connectivity index (χ3n) is 5.28. The van der Waals surface area contributed by atoms with E-state index in [1.165, 1.54) is 17.4 Å². The largest absolute Gasteiger partial charge is 0.451 e. The Morgan fingerprint density at radius 3 is 2.69 bits per heavy atom. The van der Waals surface area contributed by atoms with E-state index in [1.807, 2.05) is 13.0 Å². The van der Waals surface area contributed by atoms with E-state index in [2.05, 4.69) is 10.6 Å². The monoisotopic (exact) mass is 410 g/mol. The van der Waals surface area contributed by atoms with Gasteiger partial charge in [0.15, 0.2) is 11.2 Å². The van der Waals surface area contributed by atoms with Crippen LogP contribution < -0.4 is 16.1 Å². The Balaban J connectivity index is 1.70. The molecule has 1 aliphatic carbocycles. The SMILES string of the molecule is CCc1ccc2oc(C(=O)Nc3sc4c(c3C(=O)NC)CCCC4)cc(=O)c2c1. The number of hydrogen-bond donors (Lipinski definition) is 2. The van der Waals surface area contributed by atoms with Gasteiger partial charge in [-0.1, -0.05) is 13.0 Å². The van der Waals surface area contributed by atoms with Gasteiger partial charge in [-0.25, -0.2) is 0 Å². The van der Waals surface area contributed by atoms with E-state index in [1.54, 1.807) is 19.2 Å². The van der Waals surface area contributed by atoms with Crippen LogP contribution in [0.5, 0.6) is 0 Å². The third kappa shape index (κ3) is 3.58. The molecule has 2 aromatic heterocycles. The van der Waals surface area contributed by atoms with E-state index >= 15 is 0 Å². The zero-order valence-corrected chi connectivity index (χ0v) is 17.2. The molecule has 3 aromatic rings. The molecule has 1 aromatic carbocycles. The fourth-order valence-electron chi connectivity index (χ4n) is 3.72. The number of aryl methyl sites for hydroxylation is 2. The van der Waals surface area contributed by atoms with Crippen LogP contribution in [0.15, 0.2) is 33.5 Å². The van der Waals surface area contributed by atoms with E-state index in [0.717, 1.165) is 48.1 Å². The van der Waals surface area contributed by atoms with Gasteiger partial charge in [-0.05, 0) is 55.4 Å². The average molecular weight is 410 g/mol. The summed E-state index contributed by atoms with van der Waals surface area (Å²) in [6.07, 6.45) is 4.65. The summed E-state index contributed by atoms with van der Waals surface area (Å²) in [5.74, 6) is -0.819. The Hall–Kier alpha value is -2.93. The highest BCUT2D eigenvalue weighted by atomic mass is 32.1. The molecule has 2 heterocycles. The van der Waals surface area contributed by atoms with Gasteiger partial charge in [-0.3, -0.25) is 14.4 Å². The number of anilines is 1. The molecule has 0 radical (unpaired) electrons. The molecule has 7 heteroatoms. The molecule has 150 valence electrons. The van der Waals surface area contributed by atoms with Crippen molar-refractivity contribution in [2.45, 2.75) is 39.0 Å². The molecule has 0 spiro atoms. The van der Waals surface area contributed by atoms with Gasteiger partial charge in [-0.2, -0.15) is 0 Å². The molecule has 6 nitrogen and oxygen atoms in total. The van der Waals surface area contributed by atoms with Crippen molar-refractivity contribution in [2.75, 3.05) is 12.4 Å². The van der Waals surface area contributed by atoms with E-state index < -0.39 is 5.91 Å². The van der Waals surface area contributed by atoms with Gasteiger partial charge in [0.2, 0.25) is 0 Å². The fraction of sp³-hybridized carbons (Fsp3) is 0.318. The minimum Gasteiger partial charge on any atom is -0.451 e. The molecule has 0 saturated carbocycles. The topological polar surface area (TPSA) is 88.4 Å². The van der Waals surface area contributed by atoms with Gasteiger partial charge in [0.05, 0.1) is 10.9 Å². The van der Waals surface area contributed by atoms with Crippen LogP contribution in [-0.4, -0.2) is 18.9 Å². The summed E-state index contributed by atoms with van der Waals surface area (Å²) in [6.45, 7) is 2.01. The molecular formula is C22H22N2O4S. The number of fused-ring (bicyclic) bond motifs is 2. The quantitative estimate of drug-likeness (QED) is 0.683. The molecule has 0 atom stereocenters. The molecule has 4 rings (SSSR count). The van der Waals surface area contributed by atoms with Crippen molar-refractivity contribution in [1.82, 2.24) is 5.32 Å². The smallest absolute Gasteiger partial charge is 0.292 e. The Morgan fingerprint density at radius 1 is 1.14 bits per heavy atom. The zero-order valence-electron chi connectivity index (χ0n) is 16.4. The van der Waals surface area contributed by atoms with Gasteiger partial charge in [-0.15, -0.1) is 11.3 Å². The number of thiophene rings is 1. The molecule has 2 N–H and O–H groups in total. The maximum Gasteiger partial charge on any atom is 0.292 e. The molecule has 0 bridgehead atoms. The molecule has 0 fully saturated rings. The summed E-state index contributed by atoms with van der Waals surface area (Å²) in [6, 6.07) is 6.60. The van der Waals surface area contributed by atoms with Crippen LogP contribution in [0, 0.1) is 0 Å². The van der Waals surface area contributed by atoms with Crippen LogP contribution in [0.1, 0.15) is 56.7 Å². The van der Waals surface area contributed by atoms with Crippen LogP contribution in [0.2, 0.25) is 0 Å². The predicted octanol–water partition coefficient (Wildman–Crippen LogP) is 3.91. The molecule has 29 heavy (non-hydrogen) atoms. The number of benzene rings is 1. The Labute approximate surface area is 171 Å². The highest BCUT2D eigenvalue weighted by Crippen LogP contribution is 2.38. The minimum absolute atomic E-state index is 0.0685. The van der Waals surface area contributed by atoms with Crippen molar-refractivity contribution >= 4 is 39.1 Å². The highest BCUT2D eigenvalue weighted by molar-refractivity contribution is 7.17. The molecule has 2 amide bonds. The lowest BCUT2D eigenvalue weighted by atomic mass is 9.95. The number of carbonyl (C=O) groups is 2. The standard InChI is InChI=1S/C22H22N2O4S/c1-3-12-8-9-16-14(10-12)15(25)11-17(28-16)20(26)24-22-19(21(27)23-2)13-6-4-5-7-18(13)29-22/h8-11H,3-7H2,1-2H3,(H,23,27)(H,24,26). The number of amides is 2. The van der Waals surface area contributed by atoms with Crippen molar-refractivity contribution in [1.29, 1.82) is 0 Å². The Bertz CT molecular complexity index is 1180. The van der Waals surface area contributed by atoms with Crippen LogP contribution in [0.3, 0.4) is 0 Å². The zero-order chi connectivity index (χ0) is 20.5. The van der Waals surface area contributed by atoms with E-state index in [9.17, 15) is 14.4 Å². The third-order valence-corrected chi connectivity index (χ3v) is 6.48. The second kappa shape index (κ2) is 7.83. The van der Waals surface area contributed by atoms with Gasteiger partial charge in [0, 0.05) is 18.0 Å². The molecule has 0 aliphatic heterocycles. The highest BCUT2D eigenvalue weighted by Gasteiger charge is 2.26. The van der Waals surface area contributed by atoms with Crippen LogP contribution in [-0.2, 0) is 19.3 Å². The summed E-state index contributed by atoms with van der Waals surface area (Å²) < 4.78 is 5.70. The van der Waals surface area contributed by atoms with E-state index in [0.29, 0.717) is 21.5 Å². The first kappa shape index (κ1) is 19.4. The molecule has 0 unspecified atom stereocenters. The maximum absolute atomic E-state index is 12.8. The number of nitrogens with one attached hydrogen (secondary N) is 2. The summed E-state index contributed by atoms with van der Waals surface area (Å²) in [4.78, 5) is 38.9. The lowest BCUT2D eigenvalue weighted by Gasteiger charge is -2.12. The Morgan fingerprint density at radius 2 is 1.93 bits per heavy atom. The number of hydrogen-bond acceptors (Lipinski definition) is 5. The second-order valence-electron chi connectivity index (χ2n) is 7.11. The Kier molecular flexibility index (Phi) is 5.24. The van der Waals surface area contributed by atoms with Crippen molar-refractivity contribution in [2.24, 2.45) is 0 Å². The van der Waals surface area contributed by atoms with Gasteiger partial charge in [0.1, 0.15) is 10.6 Å². The predicted molar refractivity (Wildman–Crippen MR) is 114 cm³/mol. The molecule has 1 aliphatic rings. The average Bonchev–Trinajstić information content (AvgIpc) is 3.10. The van der Waals surface area contributed by atoms with Crippen molar-refractivity contribution in [3.63, 3.8) is 0 Å². The molecule has 0 saturated heterocycles. The summed E-state index contributed by atoms with van der Waals surface area (Å²) in [5, 5.41) is 6.42. The van der Waals surface area contributed by atoms with Crippen LogP contribution >= 0.6 is 11.3 Å². The van der Waals surface area contributed by atoms with Crippen molar-refractivity contribution in [3.05, 3.63) is 61.8 Å². The summed E-state index contributed by atoms with van der Waals surface area (Å²) >= 11 is 1.43. The lowest BCUT2D eigenvalue weighted by molar-refractivity contribution is 0.0963. The van der Waals surface area contributed by atoms with E-state index in [4.69, 9.17) is 4.42 Å². The van der Waals surface area contributed by atoms with Crippen molar-refractivity contribution in [3.8, 4) is 0 Å². The molecular weight excluding hydrogens is 388 g/mol. The van der Waals surface area contributed by atoms with Crippen LogP contribution in [0.4, 0.5) is 5.00 Å². The van der Waals surface area contributed by atoms with Crippen LogP contribution in [0.25, 0.3) is 11.0 Å². The van der Waals surface area contributed by atoms with Gasteiger partial charge in [0.25, 0.3) is 11.8 Å². The maximum atomic E-state index is 12.8. The minimum atomic E-state index is -0.535. The first-order valence-corrected chi connectivity index (χ1v) is 10.6. The van der Waals surface area contributed by atoms with Gasteiger partial charge >= 0.3 is 0 Å². The van der Waals surface area contributed by atoms with E-state index in [-0.39, 0.29) is 17.1 Å². The first-order valence-electron chi connectivity index (χ1n) is 9.76. The fourth-order valence-corrected chi connectivity index (χ4v) is 5.00. The normalized spacial score (nSPS) is 13.2. The second-order valence-corrected chi connectivity index (χ2v) is 8.21. The van der Waals surface area contributed by atoms with Crippen molar-refractivity contribution < 1.29 is 14.0 Å². The lowest BCUT2D eigenvalue weighted by Crippen LogP contribution is -2.22. The summed E-state index contributed by atoms with van der Waals surface area (Å²) in [7, 11) is 1.58. The first-order chi connectivity index (χ1) is 14.0. The van der Waals surface area contributed by atoms with Gasteiger partial charge < -0.3 is 15.1 Å². The summed E-state index contributed by atoms with van der Waals surface area (Å²) in [5.41, 5.74) is 2.68. The number of rotatable bonds is 4.